The zero-order valence-electron chi connectivity index (χ0n) is 13.7. The first kappa shape index (κ1) is 18.7. The molecule has 8 heteroatoms. The molecule has 0 bridgehead atoms. The molecule has 0 spiro atoms. The molecule has 2 N–H and O–H groups in total. The zero-order valence-corrected chi connectivity index (χ0v) is 15.3. The lowest BCUT2D eigenvalue weighted by Gasteiger charge is -2.30. The van der Waals surface area contributed by atoms with Crippen LogP contribution in [0.15, 0.2) is 18.2 Å². The van der Waals surface area contributed by atoms with Gasteiger partial charge in [-0.3, -0.25) is 4.79 Å². The summed E-state index contributed by atoms with van der Waals surface area (Å²) in [4.78, 5) is 18.9. The molecule has 0 unspecified atom stereocenters. The van der Waals surface area contributed by atoms with Gasteiger partial charge in [0.1, 0.15) is 5.69 Å². The van der Waals surface area contributed by atoms with Crippen molar-refractivity contribution in [1.82, 2.24) is 19.7 Å². The molecule has 1 saturated heterocycles. The van der Waals surface area contributed by atoms with Crippen LogP contribution in [0.2, 0.25) is 5.02 Å². The Bertz CT molecular complexity index is 738. The van der Waals surface area contributed by atoms with Crippen LogP contribution >= 0.6 is 24.0 Å². The van der Waals surface area contributed by atoms with E-state index in [0.29, 0.717) is 23.9 Å². The summed E-state index contributed by atoms with van der Waals surface area (Å²) in [6.45, 7) is 5.15. The van der Waals surface area contributed by atoms with Gasteiger partial charge in [0.05, 0.1) is 10.7 Å². The molecule has 0 radical (unpaired) electrons. The Kier molecular flexibility index (Phi) is 5.85. The molecule has 0 aliphatic carbocycles. The van der Waals surface area contributed by atoms with Crippen LogP contribution in [-0.2, 0) is 0 Å². The number of aromatic nitrogens is 3. The minimum atomic E-state index is -0.148. The number of piperidine rings is 1. The third-order valence-electron chi connectivity index (χ3n) is 4.09. The van der Waals surface area contributed by atoms with E-state index in [1.54, 1.807) is 21.7 Å². The van der Waals surface area contributed by atoms with Crippen LogP contribution in [0.5, 0.6) is 0 Å². The number of nitrogens with two attached hydrogens (primary N) is 1. The molecule has 1 aliphatic rings. The van der Waals surface area contributed by atoms with Gasteiger partial charge in [-0.25, -0.2) is 9.67 Å². The third kappa shape index (κ3) is 3.71. The number of pyridine rings is 1. The normalized spacial score (nSPS) is 15.2. The summed E-state index contributed by atoms with van der Waals surface area (Å²) < 4.78 is 1.72. The van der Waals surface area contributed by atoms with E-state index >= 15 is 0 Å². The predicted octanol–water partition coefficient (Wildman–Crippen LogP) is 2.52. The lowest BCUT2D eigenvalue weighted by atomic mass is 10.1. The van der Waals surface area contributed by atoms with Gasteiger partial charge in [-0.1, -0.05) is 11.6 Å². The molecule has 2 aromatic rings. The highest BCUT2D eigenvalue weighted by Crippen LogP contribution is 2.21. The summed E-state index contributed by atoms with van der Waals surface area (Å²) in [6, 6.07) is 5.60. The monoisotopic (exact) mass is 369 g/mol. The molecule has 24 heavy (non-hydrogen) atoms. The molecular formula is C16H21Cl2N5O. The van der Waals surface area contributed by atoms with Crippen LogP contribution in [0.4, 0.5) is 0 Å². The van der Waals surface area contributed by atoms with Crippen LogP contribution in [0, 0.1) is 13.8 Å². The number of hydrogen-bond acceptors (Lipinski definition) is 4. The van der Waals surface area contributed by atoms with E-state index < -0.39 is 0 Å². The Morgan fingerprint density at radius 1 is 1.29 bits per heavy atom. The summed E-state index contributed by atoms with van der Waals surface area (Å²) in [6.07, 6.45) is 1.61. The lowest BCUT2D eigenvalue weighted by Crippen LogP contribution is -2.43. The highest BCUT2D eigenvalue weighted by atomic mass is 35.5. The smallest absolute Gasteiger partial charge is 0.274 e. The average molecular weight is 370 g/mol. The number of rotatable bonds is 2. The van der Waals surface area contributed by atoms with Crippen LogP contribution in [-0.4, -0.2) is 44.7 Å². The maximum atomic E-state index is 12.7. The first-order valence-electron chi connectivity index (χ1n) is 7.71. The van der Waals surface area contributed by atoms with Crippen molar-refractivity contribution in [3.8, 4) is 5.82 Å². The standard InChI is InChI=1S/C16H20ClN5O.ClH/c1-10-9-11(2)22(20-10)14-4-3-13(17)15(19-14)16(23)21-7-5-12(18)6-8-21;/h3-4,9,12H,5-8,18H2,1-2H3;1H. The number of likely N-dealkylation sites (tertiary alicyclic amines) is 1. The van der Waals surface area contributed by atoms with Crippen LogP contribution in [0.25, 0.3) is 5.82 Å². The minimum absolute atomic E-state index is 0. The summed E-state index contributed by atoms with van der Waals surface area (Å²) in [5.74, 6) is 0.447. The molecule has 3 heterocycles. The molecule has 0 aromatic carbocycles. The maximum absolute atomic E-state index is 12.7. The fraction of sp³-hybridized carbons (Fsp3) is 0.438. The number of amides is 1. The first-order chi connectivity index (χ1) is 11.0. The summed E-state index contributed by atoms with van der Waals surface area (Å²) in [7, 11) is 0. The van der Waals surface area contributed by atoms with E-state index in [-0.39, 0.29) is 30.0 Å². The Hall–Kier alpha value is -1.63. The molecular weight excluding hydrogens is 349 g/mol. The van der Waals surface area contributed by atoms with Crippen molar-refractivity contribution in [2.24, 2.45) is 5.73 Å². The Balaban J connectivity index is 0.00000208. The lowest BCUT2D eigenvalue weighted by molar-refractivity contribution is 0.0709. The van der Waals surface area contributed by atoms with E-state index in [4.69, 9.17) is 17.3 Å². The summed E-state index contributed by atoms with van der Waals surface area (Å²) >= 11 is 6.21. The van der Waals surface area contributed by atoms with Gasteiger partial charge in [-0.15, -0.1) is 12.4 Å². The maximum Gasteiger partial charge on any atom is 0.274 e. The number of carbonyl (C=O) groups excluding carboxylic acids is 1. The van der Waals surface area contributed by atoms with Gasteiger partial charge in [-0.2, -0.15) is 5.10 Å². The molecule has 3 rings (SSSR count). The van der Waals surface area contributed by atoms with Crippen molar-refractivity contribution in [3.05, 3.63) is 40.3 Å². The van der Waals surface area contributed by atoms with Crippen LogP contribution in [0.1, 0.15) is 34.7 Å². The minimum Gasteiger partial charge on any atom is -0.337 e. The SMILES string of the molecule is Cc1cc(C)n(-c2ccc(Cl)c(C(=O)N3CCC(N)CC3)n2)n1.Cl. The first-order valence-corrected chi connectivity index (χ1v) is 8.08. The van der Waals surface area contributed by atoms with Crippen molar-refractivity contribution in [1.29, 1.82) is 0 Å². The molecule has 130 valence electrons. The highest BCUT2D eigenvalue weighted by Gasteiger charge is 2.25. The fourth-order valence-electron chi connectivity index (χ4n) is 2.81. The summed E-state index contributed by atoms with van der Waals surface area (Å²) in [5.41, 5.74) is 8.02. The summed E-state index contributed by atoms with van der Waals surface area (Å²) in [5, 5.41) is 4.76. The molecule has 1 fully saturated rings. The van der Waals surface area contributed by atoms with Crippen molar-refractivity contribution in [3.63, 3.8) is 0 Å². The third-order valence-corrected chi connectivity index (χ3v) is 4.39. The fourth-order valence-corrected chi connectivity index (χ4v) is 3.00. The van der Waals surface area contributed by atoms with Crippen LogP contribution in [0.3, 0.4) is 0 Å². The Labute approximate surface area is 152 Å². The second-order valence-corrected chi connectivity index (χ2v) is 6.38. The molecule has 6 nitrogen and oxygen atoms in total. The molecule has 1 aliphatic heterocycles. The number of carbonyl (C=O) groups is 1. The van der Waals surface area contributed by atoms with E-state index in [1.807, 2.05) is 19.9 Å². The second kappa shape index (κ2) is 7.51. The number of aryl methyl sites for hydroxylation is 2. The number of hydrogen-bond donors (Lipinski definition) is 1. The molecule has 0 atom stereocenters. The Morgan fingerprint density at radius 3 is 2.54 bits per heavy atom. The van der Waals surface area contributed by atoms with E-state index in [1.165, 1.54) is 0 Å². The van der Waals surface area contributed by atoms with Crippen molar-refractivity contribution < 1.29 is 4.79 Å². The largest absolute Gasteiger partial charge is 0.337 e. The second-order valence-electron chi connectivity index (χ2n) is 5.97. The topological polar surface area (TPSA) is 77.0 Å². The Morgan fingerprint density at radius 2 is 1.96 bits per heavy atom. The van der Waals surface area contributed by atoms with Crippen molar-refractivity contribution >= 4 is 29.9 Å². The van der Waals surface area contributed by atoms with Gasteiger partial charge in [-0.05, 0) is 44.9 Å². The van der Waals surface area contributed by atoms with Crippen molar-refractivity contribution in [2.75, 3.05) is 13.1 Å². The van der Waals surface area contributed by atoms with E-state index in [0.717, 1.165) is 24.2 Å². The van der Waals surface area contributed by atoms with E-state index in [9.17, 15) is 4.79 Å². The average Bonchev–Trinajstić information content (AvgIpc) is 2.86. The van der Waals surface area contributed by atoms with Gasteiger partial charge in [0.2, 0.25) is 0 Å². The highest BCUT2D eigenvalue weighted by molar-refractivity contribution is 6.33. The zero-order chi connectivity index (χ0) is 16.6. The number of nitrogens with zero attached hydrogens (tertiary/aromatic N) is 4. The van der Waals surface area contributed by atoms with Gasteiger partial charge in [0.25, 0.3) is 5.91 Å². The van der Waals surface area contributed by atoms with Gasteiger partial charge in [0.15, 0.2) is 5.82 Å². The van der Waals surface area contributed by atoms with Crippen molar-refractivity contribution in [2.45, 2.75) is 32.7 Å². The van der Waals surface area contributed by atoms with Gasteiger partial charge in [0, 0.05) is 24.8 Å². The molecule has 1 amide bonds. The molecule has 2 aromatic heterocycles. The number of halogens is 2. The van der Waals surface area contributed by atoms with Gasteiger partial charge >= 0.3 is 0 Å². The van der Waals surface area contributed by atoms with E-state index in [2.05, 4.69) is 10.1 Å². The predicted molar refractivity (Wildman–Crippen MR) is 96.2 cm³/mol. The molecule has 0 saturated carbocycles. The van der Waals surface area contributed by atoms with Crippen LogP contribution < -0.4 is 5.73 Å². The van der Waals surface area contributed by atoms with Gasteiger partial charge < -0.3 is 10.6 Å². The quantitative estimate of drug-likeness (QED) is 0.881.